The van der Waals surface area contributed by atoms with Gasteiger partial charge in [0.25, 0.3) is 11.8 Å². The van der Waals surface area contributed by atoms with E-state index in [-0.39, 0.29) is 36.0 Å². The Morgan fingerprint density at radius 2 is 1.79 bits per heavy atom. The number of benzene rings is 1. The van der Waals surface area contributed by atoms with Crippen molar-refractivity contribution in [2.45, 2.75) is 23.8 Å². The second-order valence-corrected chi connectivity index (χ2v) is 8.80. The molecule has 1 unspecified atom stereocenters. The van der Waals surface area contributed by atoms with Crippen LogP contribution in [0.15, 0.2) is 29.2 Å². The van der Waals surface area contributed by atoms with E-state index in [1.807, 2.05) is 0 Å². The van der Waals surface area contributed by atoms with Crippen molar-refractivity contribution in [3.05, 3.63) is 29.8 Å². The maximum atomic E-state index is 12.7. The molecule has 1 aromatic rings. The molecule has 2 heterocycles. The number of rotatable bonds is 7. The van der Waals surface area contributed by atoms with Crippen LogP contribution >= 0.6 is 0 Å². The summed E-state index contributed by atoms with van der Waals surface area (Å²) in [5, 5.41) is 0. The molecule has 0 bridgehead atoms. The molecule has 9 nitrogen and oxygen atoms in total. The average Bonchev–Trinajstić information content (AvgIpc) is 3.28. The van der Waals surface area contributed by atoms with Crippen LogP contribution in [-0.4, -0.2) is 89.2 Å². The molecule has 0 radical (unpaired) electrons. The molecule has 3 rings (SSSR count). The van der Waals surface area contributed by atoms with Gasteiger partial charge in [-0.3, -0.25) is 9.59 Å². The summed E-state index contributed by atoms with van der Waals surface area (Å²) in [5.41, 5.74) is 0.416. The maximum absolute atomic E-state index is 12.7. The molecule has 160 valence electrons. The van der Waals surface area contributed by atoms with Gasteiger partial charge in [-0.25, -0.2) is 13.1 Å². The first-order valence-electron chi connectivity index (χ1n) is 9.71. The highest BCUT2D eigenvalue weighted by Gasteiger charge is 2.31. The van der Waals surface area contributed by atoms with Gasteiger partial charge in [-0.05, 0) is 37.1 Å². The second-order valence-electron chi connectivity index (χ2n) is 7.03. The fraction of sp³-hybridized carbons (Fsp3) is 0.579. The fourth-order valence-corrected chi connectivity index (χ4v) is 4.44. The van der Waals surface area contributed by atoms with Gasteiger partial charge in [-0.15, -0.1) is 0 Å². The number of hydrogen-bond donors (Lipinski definition) is 1. The molecule has 1 N–H and O–H groups in total. The number of methoxy groups -OCH3 is 1. The molecule has 0 spiro atoms. The van der Waals surface area contributed by atoms with Crippen LogP contribution in [0.4, 0.5) is 0 Å². The van der Waals surface area contributed by atoms with E-state index in [4.69, 9.17) is 9.47 Å². The van der Waals surface area contributed by atoms with Crippen molar-refractivity contribution >= 4 is 21.8 Å². The molecular formula is C19H27N3O6S. The second kappa shape index (κ2) is 9.66. The van der Waals surface area contributed by atoms with Gasteiger partial charge < -0.3 is 19.3 Å². The summed E-state index contributed by atoms with van der Waals surface area (Å²) >= 11 is 0. The number of piperazine rings is 1. The summed E-state index contributed by atoms with van der Waals surface area (Å²) in [6, 6.07) is 5.85. The Labute approximate surface area is 171 Å². The lowest BCUT2D eigenvalue weighted by Gasteiger charge is -2.35. The molecule has 0 saturated carbocycles. The lowest BCUT2D eigenvalue weighted by molar-refractivity contribution is -0.142. The summed E-state index contributed by atoms with van der Waals surface area (Å²) < 4.78 is 37.1. The van der Waals surface area contributed by atoms with E-state index >= 15 is 0 Å². The topological polar surface area (TPSA) is 105 Å². The van der Waals surface area contributed by atoms with Crippen LogP contribution in [0.1, 0.15) is 23.2 Å². The van der Waals surface area contributed by atoms with Gasteiger partial charge >= 0.3 is 0 Å². The molecule has 1 aromatic carbocycles. The fourth-order valence-electron chi connectivity index (χ4n) is 3.43. The zero-order valence-corrected chi connectivity index (χ0v) is 17.3. The molecule has 2 amide bonds. The lowest BCUT2D eigenvalue weighted by Crippen LogP contribution is -2.52. The Morgan fingerprint density at radius 1 is 1.14 bits per heavy atom. The Bertz CT molecular complexity index is 813. The number of amides is 2. The van der Waals surface area contributed by atoms with Crippen LogP contribution in [0.3, 0.4) is 0 Å². The van der Waals surface area contributed by atoms with Crippen LogP contribution in [-0.2, 0) is 24.3 Å². The first-order chi connectivity index (χ1) is 13.9. The molecule has 0 aromatic heterocycles. The Kier molecular flexibility index (Phi) is 7.23. The lowest BCUT2D eigenvalue weighted by atomic mass is 10.1. The van der Waals surface area contributed by atoms with Crippen molar-refractivity contribution in [2.24, 2.45) is 0 Å². The minimum absolute atomic E-state index is 0.00475. The van der Waals surface area contributed by atoms with E-state index in [0.29, 0.717) is 38.3 Å². The zero-order chi connectivity index (χ0) is 20.9. The number of nitrogens with one attached hydrogen (secondary N) is 1. The average molecular weight is 426 g/mol. The molecule has 2 aliphatic heterocycles. The third-order valence-corrected chi connectivity index (χ3v) is 6.57. The maximum Gasteiger partial charge on any atom is 0.253 e. The van der Waals surface area contributed by atoms with Gasteiger partial charge in [-0.2, -0.15) is 0 Å². The van der Waals surface area contributed by atoms with Crippen molar-refractivity contribution in [1.29, 1.82) is 0 Å². The number of carbonyl (C=O) groups is 2. The minimum atomic E-state index is -3.64. The molecule has 2 saturated heterocycles. The highest BCUT2D eigenvalue weighted by molar-refractivity contribution is 7.89. The molecular weight excluding hydrogens is 398 g/mol. The van der Waals surface area contributed by atoms with E-state index in [1.54, 1.807) is 9.80 Å². The monoisotopic (exact) mass is 425 g/mol. The third kappa shape index (κ3) is 5.33. The normalized spacial score (nSPS) is 20.1. The number of nitrogens with zero attached hydrogens (tertiary/aromatic N) is 2. The molecule has 10 heteroatoms. The van der Waals surface area contributed by atoms with Crippen molar-refractivity contribution in [3.8, 4) is 0 Å². The SMILES string of the molecule is COCCNS(=O)(=O)c1ccc(C(=O)N2CCN(C(=O)C3CCCO3)CC2)cc1. The molecule has 2 fully saturated rings. The van der Waals surface area contributed by atoms with Crippen molar-refractivity contribution < 1.29 is 27.5 Å². The number of hydrogen-bond acceptors (Lipinski definition) is 6. The predicted molar refractivity (Wildman–Crippen MR) is 105 cm³/mol. The van der Waals surface area contributed by atoms with Gasteiger partial charge in [-0.1, -0.05) is 0 Å². The van der Waals surface area contributed by atoms with E-state index < -0.39 is 10.0 Å². The van der Waals surface area contributed by atoms with Gasteiger partial charge in [0.05, 0.1) is 11.5 Å². The number of carbonyl (C=O) groups excluding carboxylic acids is 2. The van der Waals surface area contributed by atoms with E-state index in [9.17, 15) is 18.0 Å². The third-order valence-electron chi connectivity index (χ3n) is 5.09. The summed E-state index contributed by atoms with van der Waals surface area (Å²) in [6.45, 7) is 2.90. The van der Waals surface area contributed by atoms with E-state index in [2.05, 4.69) is 4.72 Å². The van der Waals surface area contributed by atoms with Crippen LogP contribution in [0.5, 0.6) is 0 Å². The van der Waals surface area contributed by atoms with Gasteiger partial charge in [0.1, 0.15) is 6.10 Å². The molecule has 2 aliphatic rings. The first kappa shape index (κ1) is 21.7. The smallest absolute Gasteiger partial charge is 0.253 e. The van der Waals surface area contributed by atoms with Crippen LogP contribution in [0, 0.1) is 0 Å². The van der Waals surface area contributed by atoms with E-state index in [1.165, 1.54) is 31.4 Å². The van der Waals surface area contributed by atoms with Gasteiger partial charge in [0.15, 0.2) is 0 Å². The summed E-state index contributed by atoms with van der Waals surface area (Å²) in [4.78, 5) is 28.6. The Morgan fingerprint density at radius 3 is 2.38 bits per heavy atom. The highest BCUT2D eigenvalue weighted by Crippen LogP contribution is 2.17. The zero-order valence-electron chi connectivity index (χ0n) is 16.5. The summed E-state index contributed by atoms with van der Waals surface area (Å²) in [6.07, 6.45) is 1.32. The predicted octanol–water partition coefficient (Wildman–Crippen LogP) is 0.0747. The minimum Gasteiger partial charge on any atom is -0.383 e. The molecule has 29 heavy (non-hydrogen) atoms. The Hall–Kier alpha value is -2.01. The standard InChI is InChI=1S/C19H27N3O6S/c1-27-14-8-20-29(25,26)16-6-4-15(5-7-16)18(23)21-9-11-22(12-10-21)19(24)17-3-2-13-28-17/h4-7,17,20H,2-3,8-14H2,1H3. The van der Waals surface area contributed by atoms with Crippen LogP contribution < -0.4 is 4.72 Å². The largest absolute Gasteiger partial charge is 0.383 e. The van der Waals surface area contributed by atoms with Crippen molar-refractivity contribution in [2.75, 3.05) is 53.0 Å². The van der Waals surface area contributed by atoms with E-state index in [0.717, 1.165) is 12.8 Å². The molecule has 0 aliphatic carbocycles. The number of sulfonamides is 1. The van der Waals surface area contributed by atoms with Crippen molar-refractivity contribution in [3.63, 3.8) is 0 Å². The van der Waals surface area contributed by atoms with Gasteiger partial charge in [0.2, 0.25) is 10.0 Å². The van der Waals surface area contributed by atoms with Crippen LogP contribution in [0.25, 0.3) is 0 Å². The highest BCUT2D eigenvalue weighted by atomic mass is 32.2. The van der Waals surface area contributed by atoms with Crippen LogP contribution in [0.2, 0.25) is 0 Å². The summed E-state index contributed by atoms with van der Waals surface area (Å²) in [5.74, 6) is -0.171. The number of ether oxygens (including phenoxy) is 2. The molecule has 1 atom stereocenters. The van der Waals surface area contributed by atoms with Gasteiger partial charge in [0, 0.05) is 52.0 Å². The summed E-state index contributed by atoms with van der Waals surface area (Å²) in [7, 11) is -2.14. The quantitative estimate of drug-likeness (QED) is 0.620. The Balaban J connectivity index is 1.55. The first-order valence-corrected chi connectivity index (χ1v) is 11.2. The van der Waals surface area contributed by atoms with Crippen molar-refractivity contribution in [1.82, 2.24) is 14.5 Å².